The van der Waals surface area contributed by atoms with E-state index in [9.17, 15) is 4.79 Å². The molecule has 2 heterocycles. The van der Waals surface area contributed by atoms with Gasteiger partial charge in [-0.15, -0.1) is 0 Å². The van der Waals surface area contributed by atoms with E-state index in [2.05, 4.69) is 29.1 Å². The maximum Gasteiger partial charge on any atom is 0.254 e. The summed E-state index contributed by atoms with van der Waals surface area (Å²) in [5.41, 5.74) is 2.51. The lowest BCUT2D eigenvalue weighted by Gasteiger charge is -2.39. The average Bonchev–Trinajstić information content (AvgIpc) is 2.85. The van der Waals surface area contributed by atoms with Crippen LogP contribution >= 0.6 is 0 Å². The number of nitrogens with zero attached hydrogens (tertiary/aromatic N) is 2. The Morgan fingerprint density at radius 1 is 1.32 bits per heavy atom. The highest BCUT2D eigenvalue weighted by molar-refractivity contribution is 5.97. The van der Waals surface area contributed by atoms with Gasteiger partial charge in [0.25, 0.3) is 5.91 Å². The topological polar surface area (TPSA) is 61.0 Å². The van der Waals surface area contributed by atoms with Crippen LogP contribution in [0.5, 0.6) is 0 Å². The fraction of sp³-hybridized carbons (Fsp3) is 0.429. The number of imidazole rings is 1. The fourth-order valence-corrected chi connectivity index (χ4v) is 2.75. The monoisotopic (exact) mass is 258 g/mol. The van der Waals surface area contributed by atoms with Crippen LogP contribution < -0.4 is 5.32 Å². The van der Waals surface area contributed by atoms with Crippen LogP contribution in [0.4, 0.5) is 0 Å². The molecule has 2 N–H and O–H groups in total. The number of amides is 1. The molecule has 0 bridgehead atoms. The minimum Gasteiger partial charge on any atom is -0.345 e. The molecule has 0 spiro atoms. The van der Waals surface area contributed by atoms with E-state index in [0.29, 0.717) is 0 Å². The van der Waals surface area contributed by atoms with Gasteiger partial charge in [0.15, 0.2) is 0 Å². The molecule has 1 aliphatic heterocycles. The van der Waals surface area contributed by atoms with Crippen molar-refractivity contribution in [1.82, 2.24) is 20.2 Å². The number of aromatic nitrogens is 2. The summed E-state index contributed by atoms with van der Waals surface area (Å²) in [4.78, 5) is 21.8. The first-order valence-corrected chi connectivity index (χ1v) is 6.63. The first-order chi connectivity index (χ1) is 9.16. The second-order valence-corrected chi connectivity index (χ2v) is 5.20. The van der Waals surface area contributed by atoms with Gasteiger partial charge in [-0.05, 0) is 32.0 Å². The number of carbonyl (C=O) groups excluding carboxylic acids is 1. The van der Waals surface area contributed by atoms with E-state index in [4.69, 9.17) is 0 Å². The summed E-state index contributed by atoms with van der Waals surface area (Å²) in [6, 6.07) is 6.05. The van der Waals surface area contributed by atoms with Crippen molar-refractivity contribution in [3.05, 3.63) is 30.1 Å². The van der Waals surface area contributed by atoms with E-state index in [0.717, 1.165) is 29.7 Å². The second kappa shape index (κ2) is 4.66. The Hall–Kier alpha value is -1.88. The van der Waals surface area contributed by atoms with E-state index in [1.807, 2.05) is 23.1 Å². The minimum atomic E-state index is 0.0954. The van der Waals surface area contributed by atoms with E-state index < -0.39 is 0 Å². The molecule has 5 nitrogen and oxygen atoms in total. The zero-order valence-electron chi connectivity index (χ0n) is 11.2. The molecular formula is C14H18N4O. The molecule has 0 radical (unpaired) electrons. The molecule has 1 aliphatic rings. The highest BCUT2D eigenvalue weighted by Gasteiger charge is 2.29. The molecule has 1 aromatic heterocycles. The molecule has 1 aromatic carbocycles. The van der Waals surface area contributed by atoms with Gasteiger partial charge in [-0.1, -0.05) is 0 Å². The van der Waals surface area contributed by atoms with Crippen LogP contribution in [0.1, 0.15) is 24.2 Å². The molecular weight excluding hydrogens is 240 g/mol. The normalized spacial score (nSPS) is 23.8. The Labute approximate surface area is 112 Å². The second-order valence-electron chi connectivity index (χ2n) is 5.20. The van der Waals surface area contributed by atoms with E-state index in [-0.39, 0.29) is 18.0 Å². The van der Waals surface area contributed by atoms with E-state index >= 15 is 0 Å². The highest BCUT2D eigenvalue weighted by atomic mass is 16.2. The number of piperazine rings is 1. The summed E-state index contributed by atoms with van der Waals surface area (Å²) in [5, 5.41) is 3.34. The smallest absolute Gasteiger partial charge is 0.254 e. The van der Waals surface area contributed by atoms with E-state index in [1.165, 1.54) is 0 Å². The van der Waals surface area contributed by atoms with Gasteiger partial charge in [-0.25, -0.2) is 4.98 Å². The number of aromatic amines is 1. The lowest BCUT2D eigenvalue weighted by molar-refractivity contribution is 0.0544. The van der Waals surface area contributed by atoms with Crippen molar-refractivity contribution < 1.29 is 4.79 Å². The average molecular weight is 258 g/mol. The van der Waals surface area contributed by atoms with Crippen LogP contribution in [-0.4, -0.2) is 45.9 Å². The van der Waals surface area contributed by atoms with Crippen LogP contribution in [0.3, 0.4) is 0 Å². The summed E-state index contributed by atoms with van der Waals surface area (Å²) >= 11 is 0. The summed E-state index contributed by atoms with van der Waals surface area (Å²) in [6.07, 6.45) is 1.65. The lowest BCUT2D eigenvalue weighted by atomic mass is 10.1. The van der Waals surface area contributed by atoms with Crippen LogP contribution in [-0.2, 0) is 0 Å². The van der Waals surface area contributed by atoms with Crippen molar-refractivity contribution in [2.45, 2.75) is 25.9 Å². The number of fused-ring (bicyclic) bond motifs is 1. The number of H-pyrrole nitrogens is 1. The van der Waals surface area contributed by atoms with Gasteiger partial charge >= 0.3 is 0 Å². The van der Waals surface area contributed by atoms with Gasteiger partial charge in [0.05, 0.1) is 17.4 Å². The number of rotatable bonds is 1. The minimum absolute atomic E-state index is 0.0954. The predicted octanol–water partition coefficient (Wildman–Crippen LogP) is 1.39. The van der Waals surface area contributed by atoms with Crippen molar-refractivity contribution >= 4 is 16.9 Å². The quantitative estimate of drug-likeness (QED) is 0.812. The zero-order chi connectivity index (χ0) is 13.4. The largest absolute Gasteiger partial charge is 0.345 e. The number of hydrogen-bond acceptors (Lipinski definition) is 3. The summed E-state index contributed by atoms with van der Waals surface area (Å²) in [6.45, 7) is 5.86. The van der Waals surface area contributed by atoms with Gasteiger partial charge in [0.2, 0.25) is 0 Å². The predicted molar refractivity (Wildman–Crippen MR) is 74.1 cm³/mol. The third-order valence-corrected chi connectivity index (χ3v) is 3.73. The number of nitrogens with one attached hydrogen (secondary N) is 2. The molecule has 1 fully saturated rings. The molecule has 0 aliphatic carbocycles. The van der Waals surface area contributed by atoms with Crippen LogP contribution in [0, 0.1) is 0 Å². The van der Waals surface area contributed by atoms with Crippen molar-refractivity contribution in [2.24, 2.45) is 0 Å². The molecule has 19 heavy (non-hydrogen) atoms. The molecule has 2 unspecified atom stereocenters. The molecule has 100 valence electrons. The molecule has 2 aromatic rings. The van der Waals surface area contributed by atoms with Crippen molar-refractivity contribution in [3.8, 4) is 0 Å². The number of hydrogen-bond donors (Lipinski definition) is 2. The third-order valence-electron chi connectivity index (χ3n) is 3.73. The Morgan fingerprint density at radius 3 is 2.79 bits per heavy atom. The number of benzene rings is 1. The molecule has 1 saturated heterocycles. The first-order valence-electron chi connectivity index (χ1n) is 6.63. The molecule has 2 atom stereocenters. The third kappa shape index (κ3) is 2.10. The summed E-state index contributed by atoms with van der Waals surface area (Å²) < 4.78 is 0. The molecule has 1 amide bonds. The van der Waals surface area contributed by atoms with Crippen molar-refractivity contribution in [2.75, 3.05) is 13.1 Å². The van der Waals surface area contributed by atoms with Crippen LogP contribution in [0.25, 0.3) is 11.0 Å². The molecule has 5 heteroatoms. The zero-order valence-corrected chi connectivity index (χ0v) is 11.2. The van der Waals surface area contributed by atoms with Crippen LogP contribution in [0.2, 0.25) is 0 Å². The Balaban J connectivity index is 1.93. The fourth-order valence-electron chi connectivity index (χ4n) is 2.75. The maximum atomic E-state index is 12.6. The molecule has 0 saturated carbocycles. The maximum absolute atomic E-state index is 12.6. The van der Waals surface area contributed by atoms with Gasteiger partial charge in [0.1, 0.15) is 0 Å². The van der Waals surface area contributed by atoms with Gasteiger partial charge in [0, 0.05) is 30.7 Å². The Morgan fingerprint density at radius 2 is 2.05 bits per heavy atom. The Kier molecular flexibility index (Phi) is 2.98. The van der Waals surface area contributed by atoms with Gasteiger partial charge < -0.3 is 15.2 Å². The van der Waals surface area contributed by atoms with Crippen LogP contribution in [0.15, 0.2) is 24.5 Å². The van der Waals surface area contributed by atoms with Crippen molar-refractivity contribution in [3.63, 3.8) is 0 Å². The standard InChI is InChI=1S/C14H18N4O/c1-9-6-15-7-10(2)18(9)14(19)11-3-4-12-13(5-11)17-8-16-12/h3-5,8-10,15H,6-7H2,1-2H3,(H,16,17). The number of carbonyl (C=O) groups is 1. The molecule has 3 rings (SSSR count). The van der Waals surface area contributed by atoms with Gasteiger partial charge in [-0.3, -0.25) is 4.79 Å². The SMILES string of the molecule is CC1CNCC(C)N1C(=O)c1ccc2nc[nH]c2c1. The highest BCUT2D eigenvalue weighted by Crippen LogP contribution is 2.18. The van der Waals surface area contributed by atoms with E-state index in [1.54, 1.807) is 6.33 Å². The summed E-state index contributed by atoms with van der Waals surface area (Å²) in [5.74, 6) is 0.0954. The first kappa shape index (κ1) is 12.2. The summed E-state index contributed by atoms with van der Waals surface area (Å²) in [7, 11) is 0. The lowest BCUT2D eigenvalue weighted by Crippen LogP contribution is -2.57. The Bertz CT molecular complexity index is 596. The van der Waals surface area contributed by atoms with Gasteiger partial charge in [-0.2, -0.15) is 0 Å². The van der Waals surface area contributed by atoms with Crippen molar-refractivity contribution in [1.29, 1.82) is 0 Å².